The molecule has 0 saturated heterocycles. The summed E-state index contributed by atoms with van der Waals surface area (Å²) in [6.07, 6.45) is 3.49. The monoisotopic (exact) mass is 511 g/mol. The topological polar surface area (TPSA) is 89.3 Å². The fourth-order valence-corrected chi connectivity index (χ4v) is 4.90. The molecule has 2 aromatic carbocycles. The third-order valence-electron chi connectivity index (χ3n) is 5.96. The van der Waals surface area contributed by atoms with E-state index in [2.05, 4.69) is 10.3 Å². The molecule has 0 radical (unpaired) electrons. The minimum Gasteiger partial charge on any atom is -0.383 e. The zero-order chi connectivity index (χ0) is 25.8. The van der Waals surface area contributed by atoms with Gasteiger partial charge in [-0.1, -0.05) is 24.3 Å². The fraction of sp³-hybridized carbons (Fsp3) is 0.143. The van der Waals surface area contributed by atoms with Crippen molar-refractivity contribution in [2.45, 2.75) is 6.54 Å². The second-order valence-electron chi connectivity index (χ2n) is 8.34. The van der Waals surface area contributed by atoms with Gasteiger partial charge in [0.05, 0.1) is 22.5 Å². The van der Waals surface area contributed by atoms with Gasteiger partial charge in [0.1, 0.15) is 0 Å². The molecule has 0 saturated carbocycles. The summed E-state index contributed by atoms with van der Waals surface area (Å²) in [5.74, 6) is 0.0580. The van der Waals surface area contributed by atoms with Gasteiger partial charge < -0.3 is 14.2 Å². The van der Waals surface area contributed by atoms with E-state index >= 15 is 0 Å². The lowest BCUT2D eigenvalue weighted by Gasteiger charge is -2.17. The van der Waals surface area contributed by atoms with E-state index in [0.717, 1.165) is 16.0 Å². The Bertz CT molecular complexity index is 1550. The number of imidazole rings is 1. The first kappa shape index (κ1) is 24.4. The maximum absolute atomic E-state index is 13.1. The molecular formula is C28H25N5O3S. The number of amides is 2. The van der Waals surface area contributed by atoms with Crippen LogP contribution in [0.4, 0.5) is 11.6 Å². The molecule has 186 valence electrons. The number of ether oxygens (including phenoxy) is 1. The molecule has 0 unspecified atom stereocenters. The molecule has 8 nitrogen and oxygen atoms in total. The van der Waals surface area contributed by atoms with Gasteiger partial charge in [-0.25, -0.2) is 4.98 Å². The molecule has 37 heavy (non-hydrogen) atoms. The van der Waals surface area contributed by atoms with Gasteiger partial charge in [0.15, 0.2) is 0 Å². The van der Waals surface area contributed by atoms with Gasteiger partial charge in [0.25, 0.3) is 11.8 Å². The molecule has 3 heterocycles. The summed E-state index contributed by atoms with van der Waals surface area (Å²) >= 11 is 1.39. The van der Waals surface area contributed by atoms with Gasteiger partial charge in [-0.3, -0.25) is 19.9 Å². The van der Waals surface area contributed by atoms with Crippen molar-refractivity contribution in [2.75, 3.05) is 31.0 Å². The summed E-state index contributed by atoms with van der Waals surface area (Å²) in [6.45, 7) is 0.957. The number of methoxy groups -OCH3 is 1. The number of fused-ring (bicyclic) bond motifs is 1. The van der Waals surface area contributed by atoms with Crippen molar-refractivity contribution >= 4 is 45.8 Å². The molecule has 2 amide bonds. The van der Waals surface area contributed by atoms with Crippen molar-refractivity contribution in [3.05, 3.63) is 95.6 Å². The standard InChI is InChI=1S/C28H25N5O3S/c1-32(27(35)19-7-4-3-5-8-19)21-10-11-23-22(17-21)30-28(33(23)15-16-36-2)31-26(34)25-13-12-24(37-25)20-9-6-14-29-18-20/h3-14,17-18H,15-16H2,1-2H3,(H,30,31,34). The second-order valence-corrected chi connectivity index (χ2v) is 9.43. The first-order chi connectivity index (χ1) is 18.0. The third-order valence-corrected chi connectivity index (χ3v) is 7.10. The van der Waals surface area contributed by atoms with Gasteiger partial charge in [-0.05, 0) is 48.5 Å². The van der Waals surface area contributed by atoms with Crippen molar-refractivity contribution in [3.63, 3.8) is 0 Å². The van der Waals surface area contributed by atoms with Gasteiger partial charge >= 0.3 is 0 Å². The number of hydrogen-bond acceptors (Lipinski definition) is 6. The number of aromatic nitrogens is 3. The maximum atomic E-state index is 13.1. The van der Waals surface area contributed by atoms with Crippen molar-refractivity contribution in [1.29, 1.82) is 0 Å². The van der Waals surface area contributed by atoms with E-state index < -0.39 is 0 Å². The van der Waals surface area contributed by atoms with Gasteiger partial charge in [0, 0.05) is 54.8 Å². The fourth-order valence-electron chi connectivity index (χ4n) is 4.01. The van der Waals surface area contributed by atoms with Crippen LogP contribution < -0.4 is 10.2 Å². The number of thiophene rings is 1. The summed E-state index contributed by atoms with van der Waals surface area (Å²) in [7, 11) is 3.36. The summed E-state index contributed by atoms with van der Waals surface area (Å²) in [6, 6.07) is 22.3. The number of nitrogens with zero attached hydrogens (tertiary/aromatic N) is 4. The smallest absolute Gasteiger partial charge is 0.268 e. The van der Waals surface area contributed by atoms with Crippen molar-refractivity contribution in [3.8, 4) is 10.4 Å². The predicted octanol–water partition coefficient (Wildman–Crippen LogP) is 5.34. The SMILES string of the molecule is COCCn1c(NC(=O)c2ccc(-c3cccnc3)s2)nc2cc(N(C)C(=O)c3ccccc3)ccc21. The van der Waals surface area contributed by atoms with Gasteiger partial charge in [-0.2, -0.15) is 0 Å². The third kappa shape index (κ3) is 5.13. The number of nitrogens with one attached hydrogen (secondary N) is 1. The van der Waals surface area contributed by atoms with Gasteiger partial charge in [0.2, 0.25) is 5.95 Å². The summed E-state index contributed by atoms with van der Waals surface area (Å²) in [5, 5.41) is 2.96. The van der Waals surface area contributed by atoms with E-state index in [-0.39, 0.29) is 11.8 Å². The lowest BCUT2D eigenvalue weighted by atomic mass is 10.2. The Morgan fingerprint density at radius 2 is 1.89 bits per heavy atom. The van der Waals surface area contributed by atoms with E-state index in [1.807, 2.05) is 59.2 Å². The van der Waals surface area contributed by atoms with Crippen LogP contribution in [-0.4, -0.2) is 47.1 Å². The Labute approximate surface area is 218 Å². The van der Waals surface area contributed by atoms with Crippen LogP contribution in [0.1, 0.15) is 20.0 Å². The number of carbonyl (C=O) groups excluding carboxylic acids is 2. The average molecular weight is 512 g/mol. The van der Waals surface area contributed by atoms with Crippen LogP contribution in [-0.2, 0) is 11.3 Å². The number of hydrogen-bond donors (Lipinski definition) is 1. The maximum Gasteiger partial charge on any atom is 0.268 e. The zero-order valence-electron chi connectivity index (χ0n) is 20.4. The minimum absolute atomic E-state index is 0.116. The van der Waals surface area contributed by atoms with Crippen LogP contribution in [0.25, 0.3) is 21.5 Å². The number of pyridine rings is 1. The highest BCUT2D eigenvalue weighted by atomic mass is 32.1. The molecule has 0 aliphatic rings. The average Bonchev–Trinajstić information content (AvgIpc) is 3.57. The van der Waals surface area contributed by atoms with Crippen LogP contribution in [0.3, 0.4) is 0 Å². The largest absolute Gasteiger partial charge is 0.383 e. The minimum atomic E-state index is -0.245. The molecule has 0 aliphatic heterocycles. The second kappa shape index (κ2) is 10.7. The van der Waals surface area contributed by atoms with Crippen LogP contribution in [0, 0.1) is 0 Å². The quantitative estimate of drug-likeness (QED) is 0.304. The highest BCUT2D eigenvalue weighted by molar-refractivity contribution is 7.17. The summed E-state index contributed by atoms with van der Waals surface area (Å²) in [5.41, 5.74) is 3.76. The lowest BCUT2D eigenvalue weighted by molar-refractivity contribution is 0.0991. The van der Waals surface area contributed by atoms with E-state index in [1.165, 1.54) is 11.3 Å². The van der Waals surface area contributed by atoms with Crippen LogP contribution in [0.2, 0.25) is 0 Å². The Balaban J connectivity index is 1.43. The number of benzene rings is 2. The Kier molecular flexibility index (Phi) is 7.07. The van der Waals surface area contributed by atoms with Crippen LogP contribution in [0.15, 0.2) is 85.2 Å². The van der Waals surface area contributed by atoms with Crippen molar-refractivity contribution < 1.29 is 14.3 Å². The first-order valence-electron chi connectivity index (χ1n) is 11.7. The van der Waals surface area contributed by atoms with Crippen LogP contribution >= 0.6 is 11.3 Å². The Morgan fingerprint density at radius 1 is 1.05 bits per heavy atom. The normalized spacial score (nSPS) is 11.0. The van der Waals surface area contributed by atoms with Crippen LogP contribution in [0.5, 0.6) is 0 Å². The van der Waals surface area contributed by atoms with Crippen molar-refractivity contribution in [2.24, 2.45) is 0 Å². The number of anilines is 2. The molecule has 5 rings (SSSR count). The summed E-state index contributed by atoms with van der Waals surface area (Å²) < 4.78 is 7.20. The number of rotatable bonds is 8. The first-order valence-corrected chi connectivity index (χ1v) is 12.5. The molecular weight excluding hydrogens is 486 g/mol. The molecule has 0 aliphatic carbocycles. The lowest BCUT2D eigenvalue weighted by Crippen LogP contribution is -2.26. The molecule has 0 fully saturated rings. The molecule has 0 bridgehead atoms. The molecule has 1 N–H and O–H groups in total. The van der Waals surface area contributed by atoms with Crippen molar-refractivity contribution in [1.82, 2.24) is 14.5 Å². The molecule has 0 spiro atoms. The van der Waals surface area contributed by atoms with E-state index in [4.69, 9.17) is 9.72 Å². The van der Waals surface area contributed by atoms with Gasteiger partial charge in [-0.15, -0.1) is 11.3 Å². The van der Waals surface area contributed by atoms with E-state index in [0.29, 0.717) is 40.7 Å². The summed E-state index contributed by atoms with van der Waals surface area (Å²) in [4.78, 5) is 38.0. The highest BCUT2D eigenvalue weighted by Crippen LogP contribution is 2.29. The Morgan fingerprint density at radius 3 is 2.65 bits per heavy atom. The molecule has 0 atom stereocenters. The van der Waals surface area contributed by atoms with E-state index in [9.17, 15) is 9.59 Å². The Hall–Kier alpha value is -4.34. The molecule has 3 aromatic heterocycles. The highest BCUT2D eigenvalue weighted by Gasteiger charge is 2.19. The number of carbonyl (C=O) groups is 2. The zero-order valence-corrected chi connectivity index (χ0v) is 21.2. The predicted molar refractivity (Wildman–Crippen MR) is 146 cm³/mol. The molecule has 9 heteroatoms. The van der Waals surface area contributed by atoms with E-state index in [1.54, 1.807) is 49.7 Å². The molecule has 5 aromatic rings.